The lowest BCUT2D eigenvalue weighted by Crippen LogP contribution is -2.79. The van der Waals surface area contributed by atoms with E-state index in [1.165, 1.54) is 13.8 Å². The van der Waals surface area contributed by atoms with E-state index in [1.54, 1.807) is 13.8 Å². The Kier molecular flexibility index (Phi) is 4.41. The van der Waals surface area contributed by atoms with E-state index >= 15 is 0 Å². The summed E-state index contributed by atoms with van der Waals surface area (Å²) in [5, 5.41) is 12.1. The third-order valence-electron chi connectivity index (χ3n) is 10.5. The van der Waals surface area contributed by atoms with Crippen LogP contribution in [-0.2, 0) is 42.9 Å². The minimum Gasteiger partial charge on any atom is -0.459 e. The van der Waals surface area contributed by atoms with Crippen molar-refractivity contribution < 1.29 is 48.0 Å². The topological polar surface area (TPSA) is 135 Å². The highest BCUT2D eigenvalue weighted by Crippen LogP contribution is 2.76. The predicted molar refractivity (Wildman–Crippen MR) is 123 cm³/mol. The lowest BCUT2D eigenvalue weighted by atomic mass is 9.37. The summed E-state index contributed by atoms with van der Waals surface area (Å²) in [6.07, 6.45) is -2.07. The van der Waals surface area contributed by atoms with E-state index in [0.29, 0.717) is 12.0 Å². The maximum atomic E-state index is 13.9. The first-order valence-electron chi connectivity index (χ1n) is 12.7. The van der Waals surface area contributed by atoms with Gasteiger partial charge in [-0.25, -0.2) is 4.79 Å². The van der Waals surface area contributed by atoms with Crippen molar-refractivity contribution >= 4 is 23.9 Å². The zero-order valence-corrected chi connectivity index (χ0v) is 21.9. The maximum Gasteiger partial charge on any atom is 0.344 e. The van der Waals surface area contributed by atoms with Crippen LogP contribution in [0, 0.1) is 16.2 Å². The van der Waals surface area contributed by atoms with Crippen LogP contribution in [-0.4, -0.2) is 70.7 Å². The Bertz CT molecular complexity index is 1250. The van der Waals surface area contributed by atoms with Crippen molar-refractivity contribution in [3.05, 3.63) is 23.3 Å². The minimum atomic E-state index is -2.35. The molecule has 1 N–H and O–H groups in total. The van der Waals surface area contributed by atoms with Gasteiger partial charge in [-0.05, 0) is 57.3 Å². The molecule has 10 heteroatoms. The molecule has 0 unspecified atom stereocenters. The van der Waals surface area contributed by atoms with Gasteiger partial charge < -0.3 is 28.8 Å². The van der Waals surface area contributed by atoms with E-state index in [2.05, 4.69) is 6.58 Å². The van der Waals surface area contributed by atoms with E-state index in [0.717, 1.165) is 5.57 Å². The Morgan fingerprint density at radius 3 is 2.41 bits per heavy atom. The van der Waals surface area contributed by atoms with Gasteiger partial charge >= 0.3 is 23.9 Å². The Balaban J connectivity index is 1.73. The first-order valence-corrected chi connectivity index (χ1v) is 12.7. The molecular formula is C27H32O10. The summed E-state index contributed by atoms with van der Waals surface area (Å²) in [4.78, 5) is 52.4. The molecule has 37 heavy (non-hydrogen) atoms. The molecule has 10 nitrogen and oxygen atoms in total. The van der Waals surface area contributed by atoms with E-state index in [4.69, 9.17) is 23.7 Å². The third-order valence-corrected chi connectivity index (χ3v) is 10.5. The molecule has 4 aliphatic heterocycles. The number of rotatable bonds is 1. The molecule has 0 aromatic heterocycles. The van der Waals surface area contributed by atoms with Crippen LogP contribution in [0.5, 0.6) is 0 Å². The SMILES string of the molecule is C=C1[C@@]23C(=O)O[C@H](C)[C@@]2(O)C(=O)O[C@]1(C)[C@@H](OC(C)=O)C1=C2CO[C@H]4CC(=O)OC(C)(C)[C@@]24CC[C@@]13C. The van der Waals surface area contributed by atoms with Crippen LogP contribution < -0.4 is 0 Å². The molecule has 8 atom stereocenters. The highest BCUT2D eigenvalue weighted by molar-refractivity contribution is 6.01. The Hall–Kier alpha value is -2.72. The Morgan fingerprint density at radius 1 is 1.08 bits per heavy atom. The minimum absolute atomic E-state index is 0.0578. The van der Waals surface area contributed by atoms with E-state index in [-0.39, 0.29) is 31.0 Å². The van der Waals surface area contributed by atoms with Crippen molar-refractivity contribution in [3.63, 3.8) is 0 Å². The van der Waals surface area contributed by atoms with E-state index in [9.17, 15) is 24.3 Å². The van der Waals surface area contributed by atoms with Crippen molar-refractivity contribution in [3.8, 4) is 0 Å². The first-order chi connectivity index (χ1) is 17.1. The molecule has 200 valence electrons. The number of fused-ring (bicyclic) bond motifs is 2. The average Bonchev–Trinajstić information content (AvgIpc) is 3.24. The number of hydrogen-bond acceptors (Lipinski definition) is 10. The summed E-state index contributed by atoms with van der Waals surface area (Å²) in [5.74, 6) is -2.77. The van der Waals surface area contributed by atoms with Gasteiger partial charge in [-0.1, -0.05) is 13.5 Å². The van der Waals surface area contributed by atoms with Gasteiger partial charge in [0.1, 0.15) is 17.1 Å². The fourth-order valence-corrected chi connectivity index (χ4v) is 8.86. The fourth-order valence-electron chi connectivity index (χ4n) is 8.86. The van der Waals surface area contributed by atoms with Crippen molar-refractivity contribution in [2.45, 2.75) is 95.9 Å². The van der Waals surface area contributed by atoms with Gasteiger partial charge in [-0.3, -0.25) is 14.4 Å². The molecule has 1 saturated carbocycles. The van der Waals surface area contributed by atoms with Crippen LogP contribution in [0.3, 0.4) is 0 Å². The molecule has 0 amide bonds. The molecule has 0 aromatic rings. The summed E-state index contributed by atoms with van der Waals surface area (Å²) in [6.45, 7) is 14.0. The smallest absolute Gasteiger partial charge is 0.344 e. The van der Waals surface area contributed by atoms with Crippen molar-refractivity contribution in [2.24, 2.45) is 16.2 Å². The second-order valence-corrected chi connectivity index (χ2v) is 12.2. The molecule has 0 aromatic carbocycles. The van der Waals surface area contributed by atoms with Crippen LogP contribution in [0.1, 0.15) is 60.8 Å². The van der Waals surface area contributed by atoms with Crippen LogP contribution in [0.4, 0.5) is 0 Å². The second kappa shape index (κ2) is 6.64. The van der Waals surface area contributed by atoms with Crippen LogP contribution in [0.25, 0.3) is 0 Å². The van der Waals surface area contributed by atoms with Gasteiger partial charge in [0.2, 0.25) is 5.60 Å². The van der Waals surface area contributed by atoms with Gasteiger partial charge in [-0.2, -0.15) is 0 Å². The molecule has 6 aliphatic rings. The van der Waals surface area contributed by atoms with E-state index in [1.807, 2.05) is 13.8 Å². The number of aliphatic hydroxyl groups is 1. The predicted octanol–water partition coefficient (Wildman–Crippen LogP) is 1.67. The summed E-state index contributed by atoms with van der Waals surface area (Å²) >= 11 is 0. The van der Waals surface area contributed by atoms with Crippen molar-refractivity contribution in [1.29, 1.82) is 0 Å². The van der Waals surface area contributed by atoms with Crippen LogP contribution in [0.2, 0.25) is 0 Å². The molecule has 2 aliphatic carbocycles. The number of cyclic esters (lactones) is 2. The Morgan fingerprint density at radius 2 is 1.76 bits per heavy atom. The lowest BCUT2D eigenvalue weighted by Gasteiger charge is -2.67. The zero-order valence-electron chi connectivity index (χ0n) is 21.9. The van der Waals surface area contributed by atoms with Gasteiger partial charge in [0.25, 0.3) is 0 Å². The quantitative estimate of drug-likeness (QED) is 0.312. The highest BCUT2D eigenvalue weighted by Gasteiger charge is 2.88. The molecule has 2 spiro atoms. The maximum absolute atomic E-state index is 13.9. The highest BCUT2D eigenvalue weighted by atomic mass is 16.6. The molecule has 4 heterocycles. The first kappa shape index (κ1) is 24.6. The number of esters is 4. The molecule has 6 rings (SSSR count). The Labute approximate surface area is 214 Å². The van der Waals surface area contributed by atoms with Crippen molar-refractivity contribution in [1.82, 2.24) is 0 Å². The molecule has 5 fully saturated rings. The fraction of sp³-hybridized carbons (Fsp3) is 0.704. The summed E-state index contributed by atoms with van der Waals surface area (Å²) in [7, 11) is 0. The summed E-state index contributed by atoms with van der Waals surface area (Å²) in [5.41, 5.74) is -7.51. The number of carbonyl (C=O) groups is 4. The van der Waals surface area contributed by atoms with Gasteiger partial charge in [0, 0.05) is 12.3 Å². The number of ether oxygens (including phenoxy) is 5. The standard InChI is InChI=1S/C27H32O10/c1-12-24(7)19(35-14(3)28)18-15-11-33-16-10-17(29)36-22(4,5)25(15,16)9-8-23(18,6)26(12)20(30)34-13(2)27(26,32)21(31)37-24/h13,16,19,32H,1,8-11H2,2-7H3/t13-,16+,19+,23+,24+,25+,26+,27-/m1/s1. The van der Waals surface area contributed by atoms with Crippen LogP contribution in [0.15, 0.2) is 23.3 Å². The zero-order chi connectivity index (χ0) is 27.1. The van der Waals surface area contributed by atoms with Gasteiger partial charge in [-0.15, -0.1) is 0 Å². The lowest BCUT2D eigenvalue weighted by molar-refractivity contribution is -0.246. The van der Waals surface area contributed by atoms with Crippen LogP contribution >= 0.6 is 0 Å². The average molecular weight is 517 g/mol. The molecular weight excluding hydrogens is 484 g/mol. The monoisotopic (exact) mass is 516 g/mol. The molecule has 0 radical (unpaired) electrons. The molecule has 2 bridgehead atoms. The van der Waals surface area contributed by atoms with E-state index < -0.39 is 69.3 Å². The largest absolute Gasteiger partial charge is 0.459 e. The third kappa shape index (κ3) is 2.25. The second-order valence-electron chi connectivity index (χ2n) is 12.2. The summed E-state index contributed by atoms with van der Waals surface area (Å²) < 4.78 is 29.5. The number of hydrogen-bond donors (Lipinski definition) is 1. The van der Waals surface area contributed by atoms with Gasteiger partial charge in [0.05, 0.1) is 24.5 Å². The summed E-state index contributed by atoms with van der Waals surface area (Å²) in [6, 6.07) is 0. The van der Waals surface area contributed by atoms with Crippen molar-refractivity contribution in [2.75, 3.05) is 6.61 Å². The van der Waals surface area contributed by atoms with Gasteiger partial charge in [0.15, 0.2) is 11.7 Å². The number of carbonyl (C=O) groups excluding carboxylic acids is 4. The normalized spacial score (nSPS) is 49.2. The molecule has 4 saturated heterocycles.